The zero-order valence-corrected chi connectivity index (χ0v) is 13.0. The third-order valence-corrected chi connectivity index (χ3v) is 3.48. The van der Waals surface area contributed by atoms with Crippen LogP contribution in [0.3, 0.4) is 0 Å². The van der Waals surface area contributed by atoms with E-state index in [4.69, 9.17) is 14.9 Å². The van der Waals surface area contributed by atoms with Gasteiger partial charge in [-0.2, -0.15) is 0 Å². The van der Waals surface area contributed by atoms with Crippen LogP contribution in [0.5, 0.6) is 11.5 Å². The molecule has 0 aliphatic heterocycles. The highest BCUT2D eigenvalue weighted by Gasteiger charge is 2.11. The van der Waals surface area contributed by atoms with Gasteiger partial charge >= 0.3 is 11.9 Å². The van der Waals surface area contributed by atoms with Crippen LogP contribution in [0.4, 0.5) is 0 Å². The number of carboxylic acids is 2. The van der Waals surface area contributed by atoms with E-state index in [9.17, 15) is 9.59 Å². The number of aromatic carboxylic acids is 2. The van der Waals surface area contributed by atoms with Crippen molar-refractivity contribution in [2.24, 2.45) is 0 Å². The van der Waals surface area contributed by atoms with E-state index >= 15 is 0 Å². The van der Waals surface area contributed by atoms with Gasteiger partial charge in [0.2, 0.25) is 0 Å². The Hall–Kier alpha value is -2.82. The smallest absolute Gasteiger partial charge is 0.335 e. The molecule has 0 aliphatic rings. The Morgan fingerprint density at radius 3 is 1.48 bits per heavy atom. The molecule has 0 atom stereocenters. The molecule has 0 aliphatic carbocycles. The Balaban J connectivity index is 2.42. The van der Waals surface area contributed by atoms with Crippen LogP contribution in [0.2, 0.25) is 0 Å². The molecule has 0 bridgehead atoms. The lowest BCUT2D eigenvalue weighted by Gasteiger charge is -2.11. The number of ether oxygens (including phenoxy) is 1. The predicted octanol–water partition coefficient (Wildman–Crippen LogP) is 4.00. The molecule has 5 nitrogen and oxygen atoms in total. The summed E-state index contributed by atoms with van der Waals surface area (Å²) in [6.45, 7) is 3.84. The maximum atomic E-state index is 11.2. The van der Waals surface area contributed by atoms with Gasteiger partial charge in [-0.1, -0.05) is 13.8 Å². The van der Waals surface area contributed by atoms with E-state index < -0.39 is 11.9 Å². The Bertz CT molecular complexity index is 686. The van der Waals surface area contributed by atoms with Crippen molar-refractivity contribution in [2.75, 3.05) is 0 Å². The van der Waals surface area contributed by atoms with Crippen molar-refractivity contribution in [3.05, 3.63) is 58.7 Å². The van der Waals surface area contributed by atoms with Crippen molar-refractivity contribution in [2.45, 2.75) is 26.7 Å². The van der Waals surface area contributed by atoms with Crippen molar-refractivity contribution in [3.63, 3.8) is 0 Å². The maximum Gasteiger partial charge on any atom is 0.335 e. The molecule has 2 aromatic rings. The number of rotatable bonds is 6. The largest absolute Gasteiger partial charge is 0.478 e. The zero-order chi connectivity index (χ0) is 17.0. The molecular weight excluding hydrogens is 296 g/mol. The number of hydrogen-bond acceptors (Lipinski definition) is 3. The summed E-state index contributed by atoms with van der Waals surface area (Å²) < 4.78 is 5.72. The molecule has 120 valence electrons. The van der Waals surface area contributed by atoms with Crippen LogP contribution in [-0.2, 0) is 12.8 Å². The fourth-order valence-electron chi connectivity index (χ4n) is 2.23. The van der Waals surface area contributed by atoms with Gasteiger partial charge < -0.3 is 14.9 Å². The van der Waals surface area contributed by atoms with E-state index in [-0.39, 0.29) is 11.1 Å². The van der Waals surface area contributed by atoms with E-state index in [1.165, 1.54) is 12.1 Å². The third-order valence-electron chi connectivity index (χ3n) is 3.48. The maximum absolute atomic E-state index is 11.2. The van der Waals surface area contributed by atoms with Crippen molar-refractivity contribution in [1.29, 1.82) is 0 Å². The van der Waals surface area contributed by atoms with Gasteiger partial charge in [-0.15, -0.1) is 0 Å². The summed E-state index contributed by atoms with van der Waals surface area (Å²) in [7, 11) is 0. The minimum absolute atomic E-state index is 0.143. The third kappa shape index (κ3) is 4.10. The number of carbonyl (C=O) groups is 2. The van der Waals surface area contributed by atoms with Crippen molar-refractivity contribution in [1.82, 2.24) is 0 Å². The molecule has 2 N–H and O–H groups in total. The number of hydrogen-bond donors (Lipinski definition) is 2. The Morgan fingerprint density at radius 1 is 0.783 bits per heavy atom. The fourth-order valence-corrected chi connectivity index (χ4v) is 2.23. The number of benzene rings is 2. The molecule has 0 aromatic heterocycles. The first-order valence-electron chi connectivity index (χ1n) is 7.35. The average Bonchev–Trinajstić information content (AvgIpc) is 2.53. The first kappa shape index (κ1) is 16.5. The molecule has 2 aromatic carbocycles. The molecule has 0 saturated heterocycles. The van der Waals surface area contributed by atoms with Gasteiger partial charge in [-0.05, 0) is 60.4 Å². The molecule has 0 fully saturated rings. The molecule has 0 spiro atoms. The van der Waals surface area contributed by atoms with Crippen molar-refractivity contribution in [3.8, 4) is 11.5 Å². The normalized spacial score (nSPS) is 10.3. The van der Waals surface area contributed by atoms with Gasteiger partial charge in [0.15, 0.2) is 0 Å². The minimum Gasteiger partial charge on any atom is -0.478 e. The van der Waals surface area contributed by atoms with Gasteiger partial charge in [-0.3, -0.25) is 0 Å². The van der Waals surface area contributed by atoms with E-state index in [0.717, 1.165) is 11.1 Å². The van der Waals surface area contributed by atoms with Crippen LogP contribution in [-0.4, -0.2) is 22.2 Å². The van der Waals surface area contributed by atoms with Crippen LogP contribution in [0.25, 0.3) is 0 Å². The van der Waals surface area contributed by atoms with Gasteiger partial charge in [0.1, 0.15) is 11.5 Å². The quantitative estimate of drug-likeness (QED) is 0.842. The molecule has 5 heteroatoms. The second-order valence-electron chi connectivity index (χ2n) is 5.15. The summed E-state index contributed by atoms with van der Waals surface area (Å²) in [5.41, 5.74) is 1.96. The molecule has 2 rings (SSSR count). The minimum atomic E-state index is -1.03. The first-order valence-corrected chi connectivity index (χ1v) is 7.35. The Labute approximate surface area is 134 Å². The number of carboxylic acid groups (broad SMARTS) is 2. The summed E-state index contributed by atoms with van der Waals surface area (Å²) in [6.07, 6.45) is 1.35. The SMILES string of the molecule is CCc1cc(Oc2cc(CC)cc(C(=O)O)c2)cc(C(=O)O)c1. The van der Waals surface area contributed by atoms with Crippen molar-refractivity contribution >= 4 is 11.9 Å². The van der Waals surface area contributed by atoms with Crippen LogP contribution < -0.4 is 4.74 Å². The van der Waals surface area contributed by atoms with Crippen LogP contribution in [0.1, 0.15) is 45.7 Å². The van der Waals surface area contributed by atoms with Crippen molar-refractivity contribution < 1.29 is 24.5 Å². The van der Waals surface area contributed by atoms with Gasteiger partial charge in [0.25, 0.3) is 0 Å². The summed E-state index contributed by atoms with van der Waals surface area (Å²) in [6, 6.07) is 9.57. The lowest BCUT2D eigenvalue weighted by Crippen LogP contribution is -2.00. The molecule has 0 amide bonds. The van der Waals surface area contributed by atoms with E-state index in [2.05, 4.69) is 0 Å². The average molecular weight is 314 g/mol. The monoisotopic (exact) mass is 314 g/mol. The molecule has 0 unspecified atom stereocenters. The van der Waals surface area contributed by atoms with E-state index in [0.29, 0.717) is 24.3 Å². The van der Waals surface area contributed by atoms with E-state index in [1.807, 2.05) is 13.8 Å². The highest BCUT2D eigenvalue weighted by Crippen LogP contribution is 2.27. The Morgan fingerprint density at radius 2 is 1.17 bits per heavy atom. The lowest BCUT2D eigenvalue weighted by molar-refractivity contribution is 0.0686. The zero-order valence-electron chi connectivity index (χ0n) is 13.0. The highest BCUT2D eigenvalue weighted by molar-refractivity contribution is 5.89. The highest BCUT2D eigenvalue weighted by atomic mass is 16.5. The van der Waals surface area contributed by atoms with Crippen LogP contribution in [0, 0.1) is 0 Å². The summed E-state index contributed by atoms with van der Waals surface area (Å²) in [4.78, 5) is 22.4. The van der Waals surface area contributed by atoms with Crippen LogP contribution in [0.15, 0.2) is 36.4 Å². The predicted molar refractivity (Wildman–Crippen MR) is 85.6 cm³/mol. The molecule has 0 saturated carbocycles. The second kappa shape index (κ2) is 6.96. The molecular formula is C18H18O5. The van der Waals surface area contributed by atoms with Gasteiger partial charge in [0, 0.05) is 0 Å². The summed E-state index contributed by atoms with van der Waals surface area (Å²) in [5.74, 6) is -1.30. The van der Waals surface area contributed by atoms with Gasteiger partial charge in [-0.25, -0.2) is 9.59 Å². The number of aryl methyl sites for hydroxylation is 2. The van der Waals surface area contributed by atoms with E-state index in [1.54, 1.807) is 24.3 Å². The fraction of sp³-hybridized carbons (Fsp3) is 0.222. The molecule has 0 heterocycles. The standard InChI is InChI=1S/C18H18O5/c1-3-11-5-13(17(19)20)9-15(7-11)23-16-8-12(4-2)6-14(10-16)18(21)22/h5-10H,3-4H2,1-2H3,(H,19,20)(H,21,22). The summed E-state index contributed by atoms with van der Waals surface area (Å²) in [5, 5.41) is 18.3. The second-order valence-corrected chi connectivity index (χ2v) is 5.15. The Kier molecular flexibility index (Phi) is 5.01. The molecule has 23 heavy (non-hydrogen) atoms. The van der Waals surface area contributed by atoms with Gasteiger partial charge in [0.05, 0.1) is 11.1 Å². The molecule has 0 radical (unpaired) electrons. The van der Waals surface area contributed by atoms with Crippen LogP contribution >= 0.6 is 0 Å². The summed E-state index contributed by atoms with van der Waals surface area (Å²) >= 11 is 0. The first-order chi connectivity index (χ1) is 10.9. The lowest BCUT2D eigenvalue weighted by atomic mass is 10.1. The topological polar surface area (TPSA) is 83.8 Å².